The molecule has 0 spiro atoms. The van der Waals surface area contributed by atoms with Gasteiger partial charge < -0.3 is 9.47 Å². The average Bonchev–Trinajstić information content (AvgIpc) is 2.48. The molecule has 0 unspecified atom stereocenters. The number of carbonyl (C=O) groups is 1. The van der Waals surface area contributed by atoms with Gasteiger partial charge in [0.1, 0.15) is 11.9 Å². The van der Waals surface area contributed by atoms with Gasteiger partial charge in [0.15, 0.2) is 0 Å². The predicted octanol–water partition coefficient (Wildman–Crippen LogP) is 3.12. The highest BCUT2D eigenvalue weighted by Gasteiger charge is 2.16. The molecular weight excluding hydrogens is 268 g/mol. The van der Waals surface area contributed by atoms with Crippen LogP contribution in [0.1, 0.15) is 26.2 Å². The number of anilines is 1. The summed E-state index contributed by atoms with van der Waals surface area (Å²) in [7, 11) is 1.61. The lowest BCUT2D eigenvalue weighted by Crippen LogP contribution is -2.37. The number of rotatable bonds is 5. The molecule has 1 amide bonds. The first-order valence-corrected chi connectivity index (χ1v) is 7.51. The summed E-state index contributed by atoms with van der Waals surface area (Å²) in [6.45, 7) is 4.94. The number of methoxy groups -OCH3 is 1. The predicted molar refractivity (Wildman–Crippen MR) is 82.9 cm³/mol. The maximum Gasteiger partial charge on any atom is 0.411 e. The Morgan fingerprint density at radius 2 is 1.90 bits per heavy atom. The zero-order valence-corrected chi connectivity index (χ0v) is 12.8. The van der Waals surface area contributed by atoms with Crippen molar-refractivity contribution in [1.29, 1.82) is 0 Å². The summed E-state index contributed by atoms with van der Waals surface area (Å²) in [6, 6.07) is 7.17. The lowest BCUT2D eigenvalue weighted by molar-refractivity contribution is 0.0833. The minimum atomic E-state index is -0.412. The molecule has 21 heavy (non-hydrogen) atoms. The fourth-order valence-electron chi connectivity index (χ4n) is 2.55. The molecule has 0 saturated carbocycles. The lowest BCUT2D eigenvalue weighted by atomic mass is 10.1. The van der Waals surface area contributed by atoms with E-state index in [0.717, 1.165) is 25.4 Å². The van der Waals surface area contributed by atoms with Gasteiger partial charge in [0.05, 0.1) is 7.11 Å². The van der Waals surface area contributed by atoms with Crippen LogP contribution in [0, 0.1) is 0 Å². The monoisotopic (exact) mass is 292 g/mol. The van der Waals surface area contributed by atoms with Gasteiger partial charge in [-0.05, 0) is 57.1 Å². The van der Waals surface area contributed by atoms with E-state index in [0.29, 0.717) is 5.69 Å². The number of amides is 1. The number of benzene rings is 1. The van der Waals surface area contributed by atoms with E-state index in [1.54, 1.807) is 31.4 Å². The van der Waals surface area contributed by atoms with Crippen LogP contribution < -0.4 is 10.1 Å². The minimum absolute atomic E-state index is 0.110. The van der Waals surface area contributed by atoms with Crippen LogP contribution in [0.4, 0.5) is 10.5 Å². The van der Waals surface area contributed by atoms with Crippen molar-refractivity contribution in [2.24, 2.45) is 0 Å². The van der Waals surface area contributed by atoms with Crippen LogP contribution in [0.15, 0.2) is 24.3 Å². The molecule has 1 aliphatic rings. The van der Waals surface area contributed by atoms with Gasteiger partial charge in [0, 0.05) is 12.2 Å². The van der Waals surface area contributed by atoms with Gasteiger partial charge >= 0.3 is 6.09 Å². The molecule has 2 rings (SSSR count). The van der Waals surface area contributed by atoms with Crippen molar-refractivity contribution in [2.45, 2.75) is 32.3 Å². The Morgan fingerprint density at radius 3 is 2.52 bits per heavy atom. The molecule has 5 nitrogen and oxygen atoms in total. The minimum Gasteiger partial charge on any atom is -0.497 e. The van der Waals surface area contributed by atoms with E-state index in [9.17, 15) is 4.79 Å². The SMILES string of the molecule is COc1ccc(NC(=O)O[C@H](C)CN2CCCCC2)cc1. The number of ether oxygens (including phenoxy) is 2. The van der Waals surface area contributed by atoms with Crippen molar-refractivity contribution < 1.29 is 14.3 Å². The van der Waals surface area contributed by atoms with Crippen LogP contribution in [0.2, 0.25) is 0 Å². The number of nitrogens with one attached hydrogen (secondary N) is 1. The van der Waals surface area contributed by atoms with E-state index in [2.05, 4.69) is 10.2 Å². The average molecular weight is 292 g/mol. The van der Waals surface area contributed by atoms with Gasteiger partial charge in [-0.3, -0.25) is 10.2 Å². The van der Waals surface area contributed by atoms with Crippen LogP contribution in [0.3, 0.4) is 0 Å². The first kappa shape index (κ1) is 15.6. The van der Waals surface area contributed by atoms with Crippen molar-refractivity contribution in [1.82, 2.24) is 4.90 Å². The van der Waals surface area contributed by atoms with Gasteiger partial charge in [0.25, 0.3) is 0 Å². The summed E-state index contributed by atoms with van der Waals surface area (Å²) in [5, 5.41) is 2.73. The topological polar surface area (TPSA) is 50.8 Å². The second-order valence-corrected chi connectivity index (χ2v) is 5.43. The van der Waals surface area contributed by atoms with Gasteiger partial charge in [-0.2, -0.15) is 0 Å². The van der Waals surface area contributed by atoms with Gasteiger partial charge in [-0.25, -0.2) is 4.79 Å². The third-order valence-electron chi connectivity index (χ3n) is 3.61. The molecule has 1 aromatic rings. The van der Waals surface area contributed by atoms with Gasteiger partial charge in [-0.1, -0.05) is 6.42 Å². The molecule has 5 heteroatoms. The highest BCUT2D eigenvalue weighted by Crippen LogP contribution is 2.15. The normalized spacial score (nSPS) is 17.0. The Bertz CT molecular complexity index is 441. The Kier molecular flexibility index (Phi) is 5.87. The fraction of sp³-hybridized carbons (Fsp3) is 0.562. The second-order valence-electron chi connectivity index (χ2n) is 5.43. The van der Waals surface area contributed by atoms with Crippen LogP contribution in [0.25, 0.3) is 0 Å². The van der Waals surface area contributed by atoms with Crippen molar-refractivity contribution in [3.8, 4) is 5.75 Å². The smallest absolute Gasteiger partial charge is 0.411 e. The molecule has 116 valence electrons. The van der Waals surface area contributed by atoms with Gasteiger partial charge in [-0.15, -0.1) is 0 Å². The van der Waals surface area contributed by atoms with Crippen molar-refractivity contribution in [3.63, 3.8) is 0 Å². The van der Waals surface area contributed by atoms with Crippen LogP contribution in [0.5, 0.6) is 5.75 Å². The number of likely N-dealkylation sites (tertiary alicyclic amines) is 1. The van der Waals surface area contributed by atoms with Crippen LogP contribution in [-0.2, 0) is 4.74 Å². The van der Waals surface area contributed by atoms with Crippen LogP contribution in [-0.4, -0.2) is 43.8 Å². The first-order valence-electron chi connectivity index (χ1n) is 7.51. The molecule has 1 fully saturated rings. The molecular formula is C16H24N2O3. The number of carbonyl (C=O) groups excluding carboxylic acids is 1. The Hall–Kier alpha value is -1.75. The van der Waals surface area contributed by atoms with Gasteiger partial charge in [0.2, 0.25) is 0 Å². The van der Waals surface area contributed by atoms with E-state index in [-0.39, 0.29) is 6.10 Å². The zero-order valence-electron chi connectivity index (χ0n) is 12.8. The van der Waals surface area contributed by atoms with Crippen molar-refractivity contribution in [2.75, 3.05) is 32.1 Å². The molecule has 0 radical (unpaired) electrons. The van der Waals surface area contributed by atoms with E-state index < -0.39 is 6.09 Å². The molecule has 1 atom stereocenters. The van der Waals surface area contributed by atoms with Crippen LogP contribution >= 0.6 is 0 Å². The molecule has 1 aromatic carbocycles. The molecule has 1 saturated heterocycles. The van der Waals surface area contributed by atoms with E-state index in [1.807, 2.05) is 6.92 Å². The molecule has 1 aliphatic heterocycles. The number of piperidine rings is 1. The summed E-state index contributed by atoms with van der Waals surface area (Å²) in [6.07, 6.45) is 3.27. The summed E-state index contributed by atoms with van der Waals surface area (Å²) in [4.78, 5) is 14.2. The summed E-state index contributed by atoms with van der Waals surface area (Å²) in [5.41, 5.74) is 0.700. The largest absolute Gasteiger partial charge is 0.497 e. The number of nitrogens with zero attached hydrogens (tertiary/aromatic N) is 1. The van der Waals surface area contributed by atoms with Crippen molar-refractivity contribution in [3.05, 3.63) is 24.3 Å². The Balaban J connectivity index is 1.74. The lowest BCUT2D eigenvalue weighted by Gasteiger charge is -2.28. The number of hydrogen-bond acceptors (Lipinski definition) is 4. The number of hydrogen-bond donors (Lipinski definition) is 1. The fourth-order valence-corrected chi connectivity index (χ4v) is 2.55. The highest BCUT2D eigenvalue weighted by atomic mass is 16.6. The third kappa shape index (κ3) is 5.27. The highest BCUT2D eigenvalue weighted by molar-refractivity contribution is 5.84. The first-order chi connectivity index (χ1) is 10.2. The van der Waals surface area contributed by atoms with E-state index in [4.69, 9.17) is 9.47 Å². The Morgan fingerprint density at radius 1 is 1.24 bits per heavy atom. The summed E-state index contributed by atoms with van der Waals surface area (Å²) < 4.78 is 10.5. The van der Waals surface area contributed by atoms with Crippen molar-refractivity contribution >= 4 is 11.8 Å². The second kappa shape index (κ2) is 7.88. The maximum absolute atomic E-state index is 11.8. The van der Waals surface area contributed by atoms with E-state index >= 15 is 0 Å². The maximum atomic E-state index is 11.8. The Labute approximate surface area is 126 Å². The summed E-state index contributed by atoms with van der Waals surface area (Å²) in [5.74, 6) is 0.757. The molecule has 1 heterocycles. The summed E-state index contributed by atoms with van der Waals surface area (Å²) >= 11 is 0. The standard InChI is InChI=1S/C16H24N2O3/c1-13(12-18-10-4-3-5-11-18)21-16(19)17-14-6-8-15(20-2)9-7-14/h6-9,13H,3-5,10-12H2,1-2H3,(H,17,19)/t13-/m1/s1. The molecule has 0 aliphatic carbocycles. The zero-order chi connectivity index (χ0) is 15.1. The molecule has 0 aromatic heterocycles. The third-order valence-corrected chi connectivity index (χ3v) is 3.61. The van der Waals surface area contributed by atoms with E-state index in [1.165, 1.54) is 19.3 Å². The molecule has 0 bridgehead atoms. The molecule has 1 N–H and O–H groups in total. The quantitative estimate of drug-likeness (QED) is 0.906.